The molecule has 7 heteroatoms. The van der Waals surface area contributed by atoms with Crippen molar-refractivity contribution in [1.82, 2.24) is 9.80 Å². The number of aryl methyl sites for hydroxylation is 1. The van der Waals surface area contributed by atoms with Crippen molar-refractivity contribution in [3.8, 4) is 11.5 Å². The van der Waals surface area contributed by atoms with Crippen molar-refractivity contribution in [2.45, 2.75) is 33.6 Å². The Hall–Kier alpha value is -3.06. The van der Waals surface area contributed by atoms with Crippen molar-refractivity contribution < 1.29 is 19.1 Å². The first kappa shape index (κ1) is 24.6. The van der Waals surface area contributed by atoms with Crippen LogP contribution >= 0.6 is 0 Å². The number of nitrogens with zero attached hydrogens (tertiary/aromatic N) is 2. The second kappa shape index (κ2) is 12.3. The first-order chi connectivity index (χ1) is 16.0. The normalized spacial score (nSPS) is 14.1. The Balaban J connectivity index is 1.35. The summed E-state index contributed by atoms with van der Waals surface area (Å²) in [5.74, 6) is 1.55. The highest BCUT2D eigenvalue weighted by molar-refractivity contribution is 5.93. The average molecular weight is 454 g/mol. The number of hydrogen-bond donors (Lipinski definition) is 1. The maximum atomic E-state index is 12.6. The van der Waals surface area contributed by atoms with Crippen LogP contribution < -0.4 is 14.8 Å². The molecule has 33 heavy (non-hydrogen) atoms. The monoisotopic (exact) mass is 453 g/mol. The van der Waals surface area contributed by atoms with Crippen LogP contribution in [0.1, 0.15) is 30.9 Å². The number of nitrogens with one attached hydrogen (secondary N) is 1. The van der Waals surface area contributed by atoms with E-state index in [-0.39, 0.29) is 11.8 Å². The number of anilines is 1. The van der Waals surface area contributed by atoms with Crippen LogP contribution in [0.5, 0.6) is 11.5 Å². The van der Waals surface area contributed by atoms with Gasteiger partial charge in [-0.2, -0.15) is 0 Å². The smallest absolute Gasteiger partial charge is 0.238 e. The first-order valence-corrected chi connectivity index (χ1v) is 11.7. The highest BCUT2D eigenvalue weighted by Crippen LogP contribution is 2.26. The quantitative estimate of drug-likeness (QED) is 0.556. The van der Waals surface area contributed by atoms with Crippen LogP contribution in [0.25, 0.3) is 0 Å². The minimum atomic E-state index is -0.0204. The molecule has 0 saturated carbocycles. The van der Waals surface area contributed by atoms with E-state index in [1.165, 1.54) is 0 Å². The lowest BCUT2D eigenvalue weighted by Gasteiger charge is -2.34. The minimum absolute atomic E-state index is 0.0204. The Morgan fingerprint density at radius 3 is 2.33 bits per heavy atom. The van der Waals surface area contributed by atoms with E-state index in [1.807, 2.05) is 68.1 Å². The second-order valence-corrected chi connectivity index (χ2v) is 8.28. The number of ether oxygens (including phenoxy) is 2. The fourth-order valence-electron chi connectivity index (χ4n) is 3.84. The molecule has 2 aromatic rings. The van der Waals surface area contributed by atoms with Gasteiger partial charge in [-0.15, -0.1) is 0 Å². The SMILES string of the molecule is CCOc1ccccc1OCCCC(=O)N1CCN(CC(=O)Nc2cccc(C)c2C)CC1. The van der Waals surface area contributed by atoms with Crippen LogP contribution in [0.2, 0.25) is 0 Å². The van der Waals surface area contributed by atoms with E-state index in [4.69, 9.17) is 9.47 Å². The summed E-state index contributed by atoms with van der Waals surface area (Å²) >= 11 is 0. The fourth-order valence-corrected chi connectivity index (χ4v) is 3.84. The molecule has 1 aliphatic heterocycles. The highest BCUT2D eigenvalue weighted by atomic mass is 16.5. The van der Waals surface area contributed by atoms with Gasteiger partial charge in [0.05, 0.1) is 19.8 Å². The van der Waals surface area contributed by atoms with Gasteiger partial charge in [0.15, 0.2) is 11.5 Å². The van der Waals surface area contributed by atoms with Crippen molar-refractivity contribution in [2.24, 2.45) is 0 Å². The molecule has 178 valence electrons. The summed E-state index contributed by atoms with van der Waals surface area (Å²) < 4.78 is 11.4. The van der Waals surface area contributed by atoms with Gasteiger partial charge in [0.1, 0.15) is 0 Å². The molecular formula is C26H35N3O4. The van der Waals surface area contributed by atoms with Crippen molar-refractivity contribution in [3.05, 3.63) is 53.6 Å². The lowest BCUT2D eigenvalue weighted by atomic mass is 10.1. The number of amides is 2. The lowest BCUT2D eigenvalue weighted by molar-refractivity contribution is -0.133. The zero-order valence-corrected chi connectivity index (χ0v) is 19.9. The number of piperazine rings is 1. The van der Waals surface area contributed by atoms with Crippen molar-refractivity contribution in [2.75, 3.05) is 51.3 Å². The third-order valence-electron chi connectivity index (χ3n) is 5.91. The largest absolute Gasteiger partial charge is 0.490 e. The van der Waals surface area contributed by atoms with Crippen LogP contribution in [0, 0.1) is 13.8 Å². The number of carbonyl (C=O) groups excluding carboxylic acids is 2. The van der Waals surface area contributed by atoms with Crippen molar-refractivity contribution >= 4 is 17.5 Å². The molecule has 0 radical (unpaired) electrons. The van der Waals surface area contributed by atoms with Gasteiger partial charge in [0.2, 0.25) is 11.8 Å². The summed E-state index contributed by atoms with van der Waals surface area (Å²) in [6.45, 7) is 10.1. The number of benzene rings is 2. The molecule has 0 unspecified atom stereocenters. The van der Waals surface area contributed by atoms with Gasteiger partial charge >= 0.3 is 0 Å². The Labute approximate surface area is 196 Å². The maximum Gasteiger partial charge on any atom is 0.238 e. The van der Waals surface area contributed by atoms with Crippen molar-refractivity contribution in [3.63, 3.8) is 0 Å². The van der Waals surface area contributed by atoms with Gasteiger partial charge < -0.3 is 19.7 Å². The van der Waals surface area contributed by atoms with Crippen LogP contribution in [-0.2, 0) is 9.59 Å². The molecule has 1 heterocycles. The lowest BCUT2D eigenvalue weighted by Crippen LogP contribution is -2.50. The Morgan fingerprint density at radius 2 is 1.64 bits per heavy atom. The molecule has 2 aromatic carbocycles. The molecule has 0 aromatic heterocycles. The number of carbonyl (C=O) groups is 2. The molecule has 7 nitrogen and oxygen atoms in total. The van der Waals surface area contributed by atoms with Crippen LogP contribution in [-0.4, -0.2) is 67.6 Å². The maximum absolute atomic E-state index is 12.6. The molecule has 3 rings (SSSR count). The number of para-hydroxylation sites is 2. The van der Waals surface area contributed by atoms with Crippen LogP contribution in [0.4, 0.5) is 5.69 Å². The van der Waals surface area contributed by atoms with Gasteiger partial charge in [0.25, 0.3) is 0 Å². The predicted molar refractivity (Wildman–Crippen MR) is 130 cm³/mol. The van der Waals surface area contributed by atoms with Gasteiger partial charge in [-0.1, -0.05) is 24.3 Å². The van der Waals surface area contributed by atoms with E-state index in [0.717, 1.165) is 22.6 Å². The summed E-state index contributed by atoms with van der Waals surface area (Å²) in [6, 6.07) is 13.5. The summed E-state index contributed by atoms with van der Waals surface area (Å²) in [5, 5.41) is 3.01. The molecule has 0 bridgehead atoms. The molecule has 1 N–H and O–H groups in total. The molecule has 0 atom stereocenters. The second-order valence-electron chi connectivity index (χ2n) is 8.28. The van der Waals surface area contributed by atoms with E-state index in [2.05, 4.69) is 10.2 Å². The highest BCUT2D eigenvalue weighted by Gasteiger charge is 2.22. The summed E-state index contributed by atoms with van der Waals surface area (Å²) in [7, 11) is 0. The fraction of sp³-hybridized carbons (Fsp3) is 0.462. The topological polar surface area (TPSA) is 71.1 Å². The Morgan fingerprint density at radius 1 is 0.939 bits per heavy atom. The molecule has 0 aliphatic carbocycles. The summed E-state index contributed by atoms with van der Waals surface area (Å²) in [6.07, 6.45) is 1.10. The standard InChI is InChI=1S/C26H35N3O4/c1-4-32-23-11-5-6-12-24(23)33-18-8-13-26(31)29-16-14-28(15-17-29)19-25(30)27-22-10-7-9-20(2)21(22)3/h5-7,9-12H,4,8,13-19H2,1-3H3,(H,27,30). The third kappa shape index (κ3) is 7.22. The van der Waals surface area contributed by atoms with Gasteiger partial charge in [-0.05, 0) is 56.5 Å². The van der Waals surface area contributed by atoms with E-state index < -0.39 is 0 Å². The van der Waals surface area contributed by atoms with Gasteiger partial charge in [-0.25, -0.2) is 0 Å². The minimum Gasteiger partial charge on any atom is -0.490 e. The van der Waals surface area contributed by atoms with E-state index in [9.17, 15) is 9.59 Å². The number of rotatable bonds is 10. The summed E-state index contributed by atoms with van der Waals surface area (Å²) in [5.41, 5.74) is 3.11. The molecule has 2 amide bonds. The molecule has 0 spiro atoms. The zero-order valence-electron chi connectivity index (χ0n) is 19.9. The average Bonchev–Trinajstić information content (AvgIpc) is 2.81. The Bertz CT molecular complexity index is 939. The van der Waals surface area contributed by atoms with Gasteiger partial charge in [-0.3, -0.25) is 14.5 Å². The van der Waals surface area contributed by atoms with E-state index >= 15 is 0 Å². The first-order valence-electron chi connectivity index (χ1n) is 11.7. The number of hydrogen-bond acceptors (Lipinski definition) is 5. The van der Waals surface area contributed by atoms with Crippen LogP contribution in [0.3, 0.4) is 0 Å². The molecule has 1 aliphatic rings. The van der Waals surface area contributed by atoms with Crippen LogP contribution in [0.15, 0.2) is 42.5 Å². The third-order valence-corrected chi connectivity index (χ3v) is 5.91. The molecular weight excluding hydrogens is 418 g/mol. The molecule has 1 saturated heterocycles. The molecule has 1 fully saturated rings. The van der Waals surface area contributed by atoms with Crippen molar-refractivity contribution in [1.29, 1.82) is 0 Å². The van der Waals surface area contributed by atoms with Gasteiger partial charge in [0, 0.05) is 38.3 Å². The van der Waals surface area contributed by atoms with E-state index in [1.54, 1.807) is 0 Å². The van der Waals surface area contributed by atoms with E-state index in [0.29, 0.717) is 64.5 Å². The Kier molecular flexibility index (Phi) is 9.13. The predicted octanol–water partition coefficient (Wildman–Crippen LogP) is 3.64. The zero-order chi connectivity index (χ0) is 23.6. The summed E-state index contributed by atoms with van der Waals surface area (Å²) in [4.78, 5) is 29.0.